The van der Waals surface area contributed by atoms with E-state index in [0.717, 1.165) is 5.56 Å². The molecule has 0 aromatic heterocycles. The molecule has 0 heterocycles. The van der Waals surface area contributed by atoms with Crippen LogP contribution in [0.25, 0.3) is 0 Å². The van der Waals surface area contributed by atoms with E-state index in [4.69, 9.17) is 48.0 Å². The molecule has 3 rings (SSSR count). The summed E-state index contributed by atoms with van der Waals surface area (Å²) in [5, 5.41) is 5.66. The van der Waals surface area contributed by atoms with Gasteiger partial charge in [-0.2, -0.15) is 0 Å². The van der Waals surface area contributed by atoms with Crippen molar-refractivity contribution in [2.75, 3.05) is 13.7 Å². The molecule has 0 radical (unpaired) electrons. The standard InChI is InChI=1S/C63H87Cl2N3O9Si2/c1-20-23-26-31-43(5)54(47-34-29-25-30-35-47)75-60(73)56(63(13,14)77-79(18,19)62(10,11)12)67-57(70)51(40-45-38-49(64)55(50(65)39-45)74-41-52(69)46-32-27-24-28-33-46)66-58(71)53(42(4)21-2)68(15)59(72)44(6)36-37-48(22-3)76-78(16,17)61(7,8)9/h3,24-36,38-39,42-43,48,51,53-54,56H,21,37,40-41H2,1-2,4-19H3,(H,66,71)(H,67,70)/b31-26+,44-36+/t42-,43+,48-,51+,53-,54-,56+/m0/s1. The lowest BCUT2D eigenvalue weighted by Crippen LogP contribution is -2.63. The van der Waals surface area contributed by atoms with Crippen LogP contribution in [0.15, 0.2) is 96.6 Å². The lowest BCUT2D eigenvalue weighted by molar-refractivity contribution is -0.161. The molecule has 0 unspecified atom stereocenters. The molecule has 79 heavy (non-hydrogen) atoms. The van der Waals surface area contributed by atoms with Gasteiger partial charge in [0.25, 0.3) is 0 Å². The maximum atomic E-state index is 15.4. The molecule has 0 spiro atoms. The van der Waals surface area contributed by atoms with Crippen LogP contribution in [0.2, 0.25) is 46.3 Å². The van der Waals surface area contributed by atoms with E-state index >= 15 is 14.4 Å². The average Bonchev–Trinajstić information content (AvgIpc) is 3.38. The third-order valence-electron chi connectivity index (χ3n) is 15.2. The number of terminal acetylenes is 1. The van der Waals surface area contributed by atoms with Gasteiger partial charge in [0.1, 0.15) is 24.3 Å². The van der Waals surface area contributed by atoms with Gasteiger partial charge >= 0.3 is 5.97 Å². The third-order valence-corrected chi connectivity index (χ3v) is 24.9. The molecule has 3 amide bonds. The summed E-state index contributed by atoms with van der Waals surface area (Å²) in [7, 11) is -3.38. The number of esters is 1. The fourth-order valence-electron chi connectivity index (χ4n) is 8.24. The monoisotopic (exact) mass is 1160 g/mol. The fraction of sp³-hybridized carbons (Fsp3) is 0.508. The Morgan fingerprint density at radius 3 is 1.90 bits per heavy atom. The Labute approximate surface area is 484 Å². The number of ether oxygens (including phenoxy) is 2. The number of carbonyl (C=O) groups excluding carboxylic acids is 5. The number of nitrogens with one attached hydrogen (secondary N) is 2. The number of allylic oxidation sites excluding steroid dienone is 1. The molecular formula is C63H87Cl2N3O9Si2. The largest absolute Gasteiger partial charge is 0.482 e. The molecule has 2 N–H and O–H groups in total. The zero-order valence-electron chi connectivity index (χ0n) is 50.0. The Balaban J connectivity index is 2.20. The highest BCUT2D eigenvalue weighted by atomic mass is 35.5. The van der Waals surface area contributed by atoms with E-state index in [1.165, 1.54) is 17.0 Å². The van der Waals surface area contributed by atoms with Crippen LogP contribution in [0.5, 0.6) is 5.75 Å². The normalized spacial score (nSPS) is 15.2. The Morgan fingerprint density at radius 2 is 1.38 bits per heavy atom. The molecule has 16 heteroatoms. The lowest BCUT2D eigenvalue weighted by atomic mass is 9.94. The van der Waals surface area contributed by atoms with Crippen LogP contribution in [-0.2, 0) is 39.2 Å². The van der Waals surface area contributed by atoms with Gasteiger partial charge in [-0.1, -0.05) is 177 Å². The first-order valence-electron chi connectivity index (χ1n) is 27.0. The molecule has 0 aliphatic heterocycles. The van der Waals surface area contributed by atoms with Crippen LogP contribution in [-0.4, -0.2) is 94.5 Å². The van der Waals surface area contributed by atoms with Crippen LogP contribution < -0.4 is 15.4 Å². The van der Waals surface area contributed by atoms with Crippen molar-refractivity contribution < 1.29 is 42.3 Å². The van der Waals surface area contributed by atoms with E-state index in [0.29, 0.717) is 23.1 Å². The SMILES string of the molecule is C#C[C@@H](C/C=C(\C)C(=O)N(C)[C@H](C(=O)N[C@H](Cc1cc(Cl)c(OCC(=O)c2ccccc2)c(Cl)c1)C(=O)N[C@H](C(=O)O[C@H](c1ccccc1)[C@H](C)/C=C/C#CC)C(C)(C)O[Si](C)(C)C(C)(C)C)[C@@H](C)CC)O[Si](C)(C)C(C)(C)C. The molecule has 0 saturated heterocycles. The van der Waals surface area contributed by atoms with Crippen molar-refractivity contribution in [3.05, 3.63) is 123 Å². The van der Waals surface area contributed by atoms with E-state index in [2.05, 4.69) is 96.1 Å². The number of hydrogen-bond acceptors (Lipinski definition) is 9. The van der Waals surface area contributed by atoms with Gasteiger partial charge < -0.3 is 33.9 Å². The zero-order valence-corrected chi connectivity index (χ0v) is 53.5. The lowest BCUT2D eigenvalue weighted by Gasteiger charge is -2.45. The molecule has 0 saturated carbocycles. The van der Waals surface area contributed by atoms with E-state index in [1.807, 2.05) is 57.2 Å². The zero-order chi connectivity index (χ0) is 59.8. The summed E-state index contributed by atoms with van der Waals surface area (Å²) in [6.45, 7) is 33.1. The van der Waals surface area contributed by atoms with Crippen LogP contribution in [0, 0.1) is 36.0 Å². The summed E-state index contributed by atoms with van der Waals surface area (Å²) in [6.07, 6.45) is 10.4. The van der Waals surface area contributed by atoms with Gasteiger partial charge in [-0.25, -0.2) is 4.79 Å². The van der Waals surface area contributed by atoms with Crippen LogP contribution in [0.3, 0.4) is 0 Å². The highest BCUT2D eigenvalue weighted by Gasteiger charge is 2.49. The van der Waals surface area contributed by atoms with Crippen molar-refractivity contribution >= 4 is 69.3 Å². The summed E-state index contributed by atoms with van der Waals surface area (Å²) in [4.78, 5) is 74.3. The van der Waals surface area contributed by atoms with Crippen molar-refractivity contribution in [3.63, 3.8) is 0 Å². The number of halogens is 2. The van der Waals surface area contributed by atoms with E-state index < -0.39 is 82.2 Å². The second kappa shape index (κ2) is 29.3. The molecule has 430 valence electrons. The van der Waals surface area contributed by atoms with Gasteiger partial charge in [0, 0.05) is 36.9 Å². The smallest absolute Gasteiger partial charge is 0.332 e. The van der Waals surface area contributed by atoms with Crippen molar-refractivity contribution in [1.29, 1.82) is 0 Å². The summed E-state index contributed by atoms with van der Waals surface area (Å²) in [5.74, 6) is 4.93. The first-order chi connectivity index (χ1) is 36.6. The van der Waals surface area contributed by atoms with Crippen molar-refractivity contribution in [3.8, 4) is 29.9 Å². The maximum Gasteiger partial charge on any atom is 0.332 e. The minimum absolute atomic E-state index is 0.0473. The number of Topliss-reactive ketones (excluding diaryl/α,β-unsaturated/α-hetero) is 1. The number of rotatable bonds is 26. The minimum atomic E-state index is -2.69. The molecule has 3 aromatic rings. The number of amides is 3. The quantitative estimate of drug-likeness (QED) is 0.0263. The number of benzene rings is 3. The molecule has 7 atom stereocenters. The van der Waals surface area contributed by atoms with E-state index in [9.17, 15) is 9.59 Å². The first kappa shape index (κ1) is 67.8. The average molecular weight is 1160 g/mol. The number of ketones is 1. The van der Waals surface area contributed by atoms with Gasteiger partial charge in [-0.15, -0.1) is 12.3 Å². The Kier molecular flexibility index (Phi) is 25.2. The van der Waals surface area contributed by atoms with Crippen LogP contribution in [0.4, 0.5) is 0 Å². The van der Waals surface area contributed by atoms with Crippen molar-refractivity contribution in [2.45, 2.75) is 181 Å². The number of likely N-dealkylation sites (N-methyl/N-ethyl adjacent to an activating group) is 1. The third kappa shape index (κ3) is 19.4. The topological polar surface area (TPSA) is 150 Å². The molecule has 0 aliphatic rings. The van der Waals surface area contributed by atoms with E-state index in [1.54, 1.807) is 77.2 Å². The van der Waals surface area contributed by atoms with Gasteiger partial charge in [-0.3, -0.25) is 19.2 Å². The van der Waals surface area contributed by atoms with Crippen molar-refractivity contribution in [1.82, 2.24) is 15.5 Å². The number of nitrogens with zero attached hydrogens (tertiary/aromatic N) is 1. The summed E-state index contributed by atoms with van der Waals surface area (Å²) in [6, 6.07) is 17.1. The van der Waals surface area contributed by atoms with Gasteiger partial charge in [0.15, 0.2) is 40.8 Å². The second-order valence-electron chi connectivity index (χ2n) is 23.9. The second-order valence-corrected chi connectivity index (χ2v) is 34.2. The summed E-state index contributed by atoms with van der Waals surface area (Å²) < 4.78 is 25.8. The minimum Gasteiger partial charge on any atom is -0.482 e. The fourth-order valence-corrected chi connectivity index (χ4v) is 11.9. The summed E-state index contributed by atoms with van der Waals surface area (Å²) >= 11 is 13.7. The Morgan fingerprint density at radius 1 is 0.823 bits per heavy atom. The molecule has 3 aromatic carbocycles. The van der Waals surface area contributed by atoms with Crippen LogP contribution in [0.1, 0.15) is 130 Å². The highest BCUT2D eigenvalue weighted by Crippen LogP contribution is 2.41. The molecular weight excluding hydrogens is 1070 g/mol. The van der Waals surface area contributed by atoms with Crippen LogP contribution >= 0.6 is 23.2 Å². The molecule has 0 aliphatic carbocycles. The van der Waals surface area contributed by atoms with Gasteiger partial charge in [0.05, 0.1) is 15.6 Å². The number of hydrogen-bond donors (Lipinski definition) is 2. The summed E-state index contributed by atoms with van der Waals surface area (Å²) in [5.41, 5.74) is 0.538. The molecule has 0 bridgehead atoms. The van der Waals surface area contributed by atoms with Gasteiger partial charge in [0.2, 0.25) is 17.7 Å². The maximum absolute atomic E-state index is 15.4. The first-order valence-corrected chi connectivity index (χ1v) is 33.6. The predicted molar refractivity (Wildman–Crippen MR) is 325 cm³/mol. The predicted octanol–water partition coefficient (Wildman–Crippen LogP) is 13.3. The van der Waals surface area contributed by atoms with Crippen molar-refractivity contribution in [2.24, 2.45) is 11.8 Å². The Bertz CT molecular complexity index is 2730. The molecule has 0 fully saturated rings. The number of carbonyl (C=O) groups is 5. The van der Waals surface area contributed by atoms with E-state index in [-0.39, 0.29) is 57.0 Å². The molecule has 12 nitrogen and oxygen atoms in total. The Hall–Kier alpha value is -5.46. The highest BCUT2D eigenvalue weighted by molar-refractivity contribution is 6.74. The van der Waals surface area contributed by atoms with Gasteiger partial charge in [-0.05, 0) is 99.2 Å².